The first-order valence-corrected chi connectivity index (χ1v) is 13.3. The van der Waals surface area contributed by atoms with Crippen LogP contribution in [0, 0.1) is 17.8 Å². The van der Waals surface area contributed by atoms with Crippen molar-refractivity contribution in [3.05, 3.63) is 42.5 Å². The Morgan fingerprint density at radius 3 is 2.32 bits per heavy atom. The third-order valence-electron chi connectivity index (χ3n) is 6.49. The number of sulfonamides is 1. The molecule has 9 heteroatoms. The minimum absolute atomic E-state index is 0.0228. The van der Waals surface area contributed by atoms with E-state index in [1.54, 1.807) is 28.6 Å². The fourth-order valence-corrected chi connectivity index (χ4v) is 6.03. The maximum absolute atomic E-state index is 13.4. The lowest BCUT2D eigenvalue weighted by Gasteiger charge is -2.34. The number of nitrogens with one attached hydrogen (secondary N) is 1. The molecule has 0 saturated carbocycles. The summed E-state index contributed by atoms with van der Waals surface area (Å²) >= 11 is 0. The van der Waals surface area contributed by atoms with Gasteiger partial charge in [-0.25, -0.2) is 18.2 Å². The van der Waals surface area contributed by atoms with Crippen LogP contribution < -0.4 is 5.48 Å². The zero-order chi connectivity index (χ0) is 24.9. The smallest absolute Gasteiger partial charge is 0.256 e. The Kier molecular flexibility index (Phi) is 8.67. The van der Waals surface area contributed by atoms with Gasteiger partial charge < -0.3 is 4.90 Å². The van der Waals surface area contributed by atoms with Crippen molar-refractivity contribution >= 4 is 32.6 Å². The number of rotatable bonds is 9. The molecule has 1 heterocycles. The molecule has 1 fully saturated rings. The van der Waals surface area contributed by atoms with Crippen LogP contribution in [0.1, 0.15) is 39.5 Å². The molecular formula is C25H35N3O5S. The topological polar surface area (TPSA) is 107 Å². The van der Waals surface area contributed by atoms with E-state index in [9.17, 15) is 23.2 Å². The zero-order valence-corrected chi connectivity index (χ0v) is 20.9. The molecule has 0 aliphatic carbocycles. The van der Waals surface area contributed by atoms with Gasteiger partial charge in [0.15, 0.2) is 0 Å². The van der Waals surface area contributed by atoms with Crippen LogP contribution in [0.15, 0.2) is 47.4 Å². The fourth-order valence-electron chi connectivity index (χ4n) is 4.77. The molecule has 186 valence electrons. The quantitative estimate of drug-likeness (QED) is 0.319. The average Bonchev–Trinajstić information content (AvgIpc) is 2.83. The molecule has 0 spiro atoms. The molecule has 1 saturated heterocycles. The van der Waals surface area contributed by atoms with Crippen LogP contribution in [0.25, 0.3) is 10.8 Å². The van der Waals surface area contributed by atoms with E-state index >= 15 is 0 Å². The van der Waals surface area contributed by atoms with E-state index in [2.05, 4.69) is 0 Å². The lowest BCUT2D eigenvalue weighted by atomic mass is 9.83. The van der Waals surface area contributed by atoms with Crippen LogP contribution in [0.5, 0.6) is 0 Å². The summed E-state index contributed by atoms with van der Waals surface area (Å²) in [4.78, 5) is 27.9. The van der Waals surface area contributed by atoms with Crippen molar-refractivity contribution in [2.24, 2.45) is 17.8 Å². The van der Waals surface area contributed by atoms with E-state index in [1.807, 2.05) is 38.1 Å². The number of likely N-dealkylation sites (tertiary alicyclic amines) is 1. The number of carbonyl (C=O) groups excluding carboxylic acids is 2. The summed E-state index contributed by atoms with van der Waals surface area (Å²) in [6, 6.07) is 12.5. The van der Waals surface area contributed by atoms with Crippen LogP contribution >= 0.6 is 0 Å². The van der Waals surface area contributed by atoms with E-state index in [4.69, 9.17) is 0 Å². The van der Waals surface area contributed by atoms with Crippen LogP contribution in [0.3, 0.4) is 0 Å². The summed E-state index contributed by atoms with van der Waals surface area (Å²) in [5, 5.41) is 11.2. The highest BCUT2D eigenvalue weighted by Crippen LogP contribution is 2.28. The summed E-state index contributed by atoms with van der Waals surface area (Å²) in [6.45, 7) is 5.03. The number of fused-ring (bicyclic) bond motifs is 1. The Labute approximate surface area is 201 Å². The lowest BCUT2D eigenvalue weighted by molar-refractivity contribution is -0.149. The number of amides is 2. The second-order valence-corrected chi connectivity index (χ2v) is 11.6. The van der Waals surface area contributed by atoms with Gasteiger partial charge in [-0.1, -0.05) is 44.2 Å². The van der Waals surface area contributed by atoms with Gasteiger partial charge in [0, 0.05) is 26.7 Å². The Bertz CT molecular complexity index is 1110. The predicted molar refractivity (Wildman–Crippen MR) is 131 cm³/mol. The molecule has 0 unspecified atom stereocenters. The molecule has 0 bridgehead atoms. The average molecular weight is 490 g/mol. The number of nitrogens with zero attached hydrogens (tertiary/aromatic N) is 2. The molecule has 0 radical (unpaired) electrons. The summed E-state index contributed by atoms with van der Waals surface area (Å²) in [5.74, 6) is -2.79. The number of hydroxylamine groups is 1. The molecule has 2 amide bonds. The van der Waals surface area contributed by atoms with E-state index in [1.165, 1.54) is 11.4 Å². The first-order chi connectivity index (χ1) is 16.1. The van der Waals surface area contributed by atoms with Gasteiger partial charge in [-0.2, -0.15) is 0 Å². The highest BCUT2D eigenvalue weighted by atomic mass is 32.2. The van der Waals surface area contributed by atoms with Gasteiger partial charge >= 0.3 is 0 Å². The van der Waals surface area contributed by atoms with Crippen LogP contribution in [0.4, 0.5) is 0 Å². The van der Waals surface area contributed by atoms with Crippen LogP contribution in [-0.2, 0) is 19.6 Å². The predicted octanol–water partition coefficient (Wildman–Crippen LogP) is 3.26. The molecule has 34 heavy (non-hydrogen) atoms. The minimum atomic E-state index is -3.86. The maximum Gasteiger partial charge on any atom is 0.256 e. The Morgan fingerprint density at radius 2 is 1.71 bits per heavy atom. The first-order valence-electron chi connectivity index (χ1n) is 11.8. The third kappa shape index (κ3) is 5.95. The largest absolute Gasteiger partial charge is 0.342 e. The third-order valence-corrected chi connectivity index (χ3v) is 8.31. The molecule has 2 aromatic carbocycles. The van der Waals surface area contributed by atoms with E-state index in [0.717, 1.165) is 30.0 Å². The zero-order valence-electron chi connectivity index (χ0n) is 20.1. The highest BCUT2D eigenvalue weighted by molar-refractivity contribution is 7.89. The molecule has 2 aromatic rings. The molecule has 2 N–H and O–H groups in total. The van der Waals surface area contributed by atoms with Crippen molar-refractivity contribution in [2.75, 3.05) is 26.7 Å². The maximum atomic E-state index is 13.4. The van der Waals surface area contributed by atoms with Gasteiger partial charge in [0.2, 0.25) is 15.9 Å². The van der Waals surface area contributed by atoms with Crippen molar-refractivity contribution < 1.29 is 23.2 Å². The molecule has 2 atom stereocenters. The van der Waals surface area contributed by atoms with Crippen molar-refractivity contribution in [2.45, 2.75) is 44.4 Å². The van der Waals surface area contributed by atoms with Crippen molar-refractivity contribution in [1.29, 1.82) is 0 Å². The second-order valence-electron chi connectivity index (χ2n) is 9.52. The monoisotopic (exact) mass is 489 g/mol. The number of piperidine rings is 1. The van der Waals surface area contributed by atoms with Gasteiger partial charge in [-0.3, -0.25) is 14.8 Å². The van der Waals surface area contributed by atoms with Gasteiger partial charge in [-0.15, -0.1) is 0 Å². The lowest BCUT2D eigenvalue weighted by Crippen LogP contribution is -2.50. The van der Waals surface area contributed by atoms with Crippen LogP contribution in [0.2, 0.25) is 0 Å². The van der Waals surface area contributed by atoms with E-state index in [-0.39, 0.29) is 23.3 Å². The SMILES string of the molecule is CC(C)C[C@@H](CN(C)S(=O)(=O)c1ccc2ccccc2c1)[C@H](C(=O)NO)C(=O)N1CCCCC1. The van der Waals surface area contributed by atoms with Gasteiger partial charge in [0.05, 0.1) is 4.90 Å². The number of carbonyl (C=O) groups is 2. The fraction of sp³-hybridized carbons (Fsp3) is 0.520. The van der Waals surface area contributed by atoms with Gasteiger partial charge in [-0.05, 0) is 60.4 Å². The van der Waals surface area contributed by atoms with Crippen molar-refractivity contribution in [3.63, 3.8) is 0 Å². The standard InChI is InChI=1S/C25H35N3O5S/c1-18(2)15-21(23(24(29)26-31)25(30)28-13-7-4-8-14-28)17-27(3)34(32,33)22-12-11-19-9-5-6-10-20(19)16-22/h5-6,9-12,16,18,21,23,31H,4,7-8,13-15,17H2,1-3H3,(H,26,29)/t21-,23+/m0/s1. The van der Waals surface area contributed by atoms with Gasteiger partial charge in [0.25, 0.3) is 5.91 Å². The number of benzene rings is 2. The van der Waals surface area contributed by atoms with E-state index < -0.39 is 27.8 Å². The molecule has 1 aliphatic heterocycles. The van der Waals surface area contributed by atoms with Crippen LogP contribution in [-0.4, -0.2) is 61.3 Å². The summed E-state index contributed by atoms with van der Waals surface area (Å²) in [5.41, 5.74) is 1.65. The molecule has 3 rings (SSSR count). The molecule has 8 nitrogen and oxygen atoms in total. The second kappa shape index (κ2) is 11.3. The van der Waals surface area contributed by atoms with Gasteiger partial charge in [0.1, 0.15) is 5.92 Å². The molecule has 1 aliphatic rings. The Morgan fingerprint density at radius 1 is 1.06 bits per heavy atom. The van der Waals surface area contributed by atoms with Crippen molar-refractivity contribution in [3.8, 4) is 0 Å². The Hall–Kier alpha value is -2.49. The number of hydrogen-bond donors (Lipinski definition) is 2. The van der Waals surface area contributed by atoms with Crippen molar-refractivity contribution in [1.82, 2.24) is 14.7 Å². The molecule has 0 aromatic heterocycles. The minimum Gasteiger partial charge on any atom is -0.342 e. The highest BCUT2D eigenvalue weighted by Gasteiger charge is 2.40. The first kappa shape index (κ1) is 26.1. The number of hydrogen-bond acceptors (Lipinski definition) is 5. The summed E-state index contributed by atoms with van der Waals surface area (Å²) in [6.07, 6.45) is 3.21. The summed E-state index contributed by atoms with van der Waals surface area (Å²) < 4.78 is 28.0. The van der Waals surface area contributed by atoms with E-state index in [0.29, 0.717) is 19.5 Å². The summed E-state index contributed by atoms with van der Waals surface area (Å²) in [7, 11) is -2.39. The Balaban J connectivity index is 1.90. The molecular weight excluding hydrogens is 454 g/mol. The normalized spacial score (nSPS) is 16.6.